The summed E-state index contributed by atoms with van der Waals surface area (Å²) in [6.45, 7) is 4.48. The quantitative estimate of drug-likeness (QED) is 0.801. The van der Waals surface area contributed by atoms with Gasteiger partial charge in [-0.1, -0.05) is 29.8 Å². The van der Waals surface area contributed by atoms with E-state index in [4.69, 9.17) is 5.11 Å². The van der Waals surface area contributed by atoms with Gasteiger partial charge >= 0.3 is 0 Å². The van der Waals surface area contributed by atoms with Crippen LogP contribution < -0.4 is 0 Å². The summed E-state index contributed by atoms with van der Waals surface area (Å²) in [7, 11) is 0. The summed E-state index contributed by atoms with van der Waals surface area (Å²) in [5.41, 5.74) is 1.95. The van der Waals surface area contributed by atoms with E-state index in [0.29, 0.717) is 12.5 Å². The number of aliphatic hydroxyl groups is 1. The summed E-state index contributed by atoms with van der Waals surface area (Å²) in [4.78, 5) is 14.1. The highest BCUT2D eigenvalue weighted by atomic mass is 16.3. The fourth-order valence-electron chi connectivity index (χ4n) is 2.24. The highest BCUT2D eigenvalue weighted by molar-refractivity contribution is 5.97. The molecule has 3 heteroatoms. The van der Waals surface area contributed by atoms with Crippen molar-refractivity contribution in [2.75, 3.05) is 26.2 Å². The molecular formula is C14H19NO2. The Kier molecular flexibility index (Phi) is 3.92. The number of rotatable bonds is 4. The molecule has 3 nitrogen and oxygen atoms in total. The number of aliphatic hydroxyl groups excluding tert-OH is 1. The number of likely N-dealkylation sites (tertiary alicyclic amines) is 1. The molecule has 0 radical (unpaired) electrons. The van der Waals surface area contributed by atoms with Gasteiger partial charge in [-0.2, -0.15) is 0 Å². The van der Waals surface area contributed by atoms with Gasteiger partial charge < -0.3 is 5.11 Å². The van der Waals surface area contributed by atoms with E-state index < -0.39 is 0 Å². The van der Waals surface area contributed by atoms with Gasteiger partial charge in [-0.25, -0.2) is 0 Å². The van der Waals surface area contributed by atoms with Crippen LogP contribution >= 0.6 is 0 Å². The minimum atomic E-state index is 0.170. The second-order valence-corrected chi connectivity index (χ2v) is 4.86. The van der Waals surface area contributed by atoms with E-state index >= 15 is 0 Å². The number of carbonyl (C=O) groups is 1. The van der Waals surface area contributed by atoms with Crippen molar-refractivity contribution < 1.29 is 9.90 Å². The van der Waals surface area contributed by atoms with Crippen molar-refractivity contribution in [3.05, 3.63) is 35.4 Å². The predicted octanol–water partition coefficient (Wildman–Crippen LogP) is 1.49. The minimum absolute atomic E-state index is 0.170. The highest BCUT2D eigenvalue weighted by Crippen LogP contribution is 2.16. The Labute approximate surface area is 102 Å². The largest absolute Gasteiger partial charge is 0.396 e. The lowest BCUT2D eigenvalue weighted by atomic mass is 10.1. The first-order valence-electron chi connectivity index (χ1n) is 6.12. The summed E-state index contributed by atoms with van der Waals surface area (Å²) >= 11 is 0. The average molecular weight is 233 g/mol. The van der Waals surface area contributed by atoms with Crippen LogP contribution in [0, 0.1) is 12.8 Å². The third-order valence-corrected chi connectivity index (χ3v) is 3.37. The molecule has 0 bridgehead atoms. The molecule has 17 heavy (non-hydrogen) atoms. The lowest BCUT2D eigenvalue weighted by molar-refractivity contribution is 0.0940. The molecule has 0 amide bonds. The lowest BCUT2D eigenvalue weighted by Crippen LogP contribution is -2.28. The molecule has 0 saturated carbocycles. The second-order valence-electron chi connectivity index (χ2n) is 4.86. The fourth-order valence-corrected chi connectivity index (χ4v) is 2.24. The first-order valence-corrected chi connectivity index (χ1v) is 6.12. The second kappa shape index (κ2) is 5.43. The number of hydrogen-bond donors (Lipinski definition) is 1. The molecule has 1 saturated heterocycles. The normalized spacial score (nSPS) is 20.7. The molecule has 1 heterocycles. The van der Waals surface area contributed by atoms with Crippen LogP contribution in [0.1, 0.15) is 22.3 Å². The molecule has 0 spiro atoms. The third-order valence-electron chi connectivity index (χ3n) is 3.37. The van der Waals surface area contributed by atoms with Crippen LogP contribution in [-0.2, 0) is 0 Å². The Bertz CT molecular complexity index is 386. The van der Waals surface area contributed by atoms with Crippen LogP contribution in [0.25, 0.3) is 0 Å². The Morgan fingerprint density at radius 1 is 1.41 bits per heavy atom. The number of Topliss-reactive ketones (excluding diaryl/α,β-unsaturated/α-hetero) is 1. The Morgan fingerprint density at radius 3 is 2.71 bits per heavy atom. The maximum atomic E-state index is 12.0. The molecular weight excluding hydrogens is 214 g/mol. The molecule has 1 aliphatic rings. The fraction of sp³-hybridized carbons (Fsp3) is 0.500. The molecule has 0 aliphatic carbocycles. The van der Waals surface area contributed by atoms with Crippen LogP contribution in [-0.4, -0.2) is 42.0 Å². The Hall–Kier alpha value is -1.19. The van der Waals surface area contributed by atoms with Crippen LogP contribution in [0.15, 0.2) is 24.3 Å². The van der Waals surface area contributed by atoms with Gasteiger partial charge in [0.15, 0.2) is 5.78 Å². The Morgan fingerprint density at radius 2 is 2.12 bits per heavy atom. The molecule has 1 N–H and O–H groups in total. The van der Waals surface area contributed by atoms with E-state index in [2.05, 4.69) is 4.90 Å². The summed E-state index contributed by atoms with van der Waals surface area (Å²) < 4.78 is 0. The smallest absolute Gasteiger partial charge is 0.176 e. The van der Waals surface area contributed by atoms with E-state index in [-0.39, 0.29) is 12.4 Å². The van der Waals surface area contributed by atoms with Crippen LogP contribution in [0.4, 0.5) is 0 Å². The molecule has 1 aromatic carbocycles. The topological polar surface area (TPSA) is 40.5 Å². The number of aryl methyl sites for hydroxylation is 1. The van der Waals surface area contributed by atoms with E-state index in [1.807, 2.05) is 31.2 Å². The number of benzene rings is 1. The van der Waals surface area contributed by atoms with Crippen molar-refractivity contribution in [1.82, 2.24) is 4.90 Å². The first kappa shape index (κ1) is 12.3. The van der Waals surface area contributed by atoms with Crippen molar-refractivity contribution in [3.63, 3.8) is 0 Å². The van der Waals surface area contributed by atoms with E-state index in [1.54, 1.807) is 0 Å². The van der Waals surface area contributed by atoms with Gasteiger partial charge in [0.25, 0.3) is 0 Å². The van der Waals surface area contributed by atoms with Crippen LogP contribution in [0.2, 0.25) is 0 Å². The predicted molar refractivity (Wildman–Crippen MR) is 67.1 cm³/mol. The number of hydrogen-bond acceptors (Lipinski definition) is 3. The van der Waals surface area contributed by atoms with E-state index in [9.17, 15) is 4.79 Å². The zero-order valence-electron chi connectivity index (χ0n) is 10.2. The minimum Gasteiger partial charge on any atom is -0.396 e. The van der Waals surface area contributed by atoms with Gasteiger partial charge in [-0.15, -0.1) is 0 Å². The zero-order valence-corrected chi connectivity index (χ0v) is 10.2. The maximum Gasteiger partial charge on any atom is 0.176 e. The molecule has 92 valence electrons. The van der Waals surface area contributed by atoms with Gasteiger partial charge in [0.2, 0.25) is 0 Å². The van der Waals surface area contributed by atoms with E-state index in [0.717, 1.165) is 25.1 Å². The third kappa shape index (κ3) is 3.14. The maximum absolute atomic E-state index is 12.0. The number of nitrogens with zero attached hydrogens (tertiary/aromatic N) is 1. The van der Waals surface area contributed by atoms with Crippen LogP contribution in [0.5, 0.6) is 0 Å². The molecule has 0 aromatic heterocycles. The van der Waals surface area contributed by atoms with Gasteiger partial charge in [0.1, 0.15) is 0 Å². The highest BCUT2D eigenvalue weighted by Gasteiger charge is 2.23. The van der Waals surface area contributed by atoms with Crippen molar-refractivity contribution in [3.8, 4) is 0 Å². The van der Waals surface area contributed by atoms with Crippen molar-refractivity contribution in [2.24, 2.45) is 5.92 Å². The summed E-state index contributed by atoms with van der Waals surface area (Å²) in [5.74, 6) is 0.518. The standard InChI is InChI=1S/C14H19NO2/c1-11-2-4-13(5-3-11)14(17)9-15-7-6-12(8-15)10-16/h2-5,12,16H,6-10H2,1H3. The number of carbonyl (C=O) groups excluding carboxylic acids is 1. The monoisotopic (exact) mass is 233 g/mol. The molecule has 1 fully saturated rings. The van der Waals surface area contributed by atoms with Gasteiger partial charge in [0.05, 0.1) is 6.54 Å². The average Bonchev–Trinajstić information content (AvgIpc) is 2.77. The summed E-state index contributed by atoms with van der Waals surface area (Å²) in [5, 5.41) is 9.05. The van der Waals surface area contributed by atoms with Crippen molar-refractivity contribution in [1.29, 1.82) is 0 Å². The summed E-state index contributed by atoms with van der Waals surface area (Å²) in [6.07, 6.45) is 0.998. The molecule has 1 aromatic rings. The zero-order chi connectivity index (χ0) is 12.3. The van der Waals surface area contributed by atoms with Gasteiger partial charge in [-0.3, -0.25) is 9.69 Å². The van der Waals surface area contributed by atoms with Gasteiger partial charge in [-0.05, 0) is 25.8 Å². The SMILES string of the molecule is Cc1ccc(C(=O)CN2CCC(CO)C2)cc1. The van der Waals surface area contributed by atoms with Crippen molar-refractivity contribution >= 4 is 5.78 Å². The van der Waals surface area contributed by atoms with Crippen molar-refractivity contribution in [2.45, 2.75) is 13.3 Å². The molecule has 1 unspecified atom stereocenters. The summed E-state index contributed by atoms with van der Waals surface area (Å²) in [6, 6.07) is 7.70. The molecule has 2 rings (SSSR count). The Balaban J connectivity index is 1.91. The van der Waals surface area contributed by atoms with Crippen LogP contribution in [0.3, 0.4) is 0 Å². The molecule has 1 aliphatic heterocycles. The number of ketones is 1. The lowest BCUT2D eigenvalue weighted by Gasteiger charge is -2.14. The van der Waals surface area contributed by atoms with E-state index in [1.165, 1.54) is 5.56 Å². The molecule has 1 atom stereocenters. The first-order chi connectivity index (χ1) is 8.19. The van der Waals surface area contributed by atoms with Gasteiger partial charge in [0, 0.05) is 18.7 Å².